The molecule has 2 aromatic heterocycles. The predicted molar refractivity (Wildman–Crippen MR) is 95.3 cm³/mol. The molecule has 1 fully saturated rings. The van der Waals surface area contributed by atoms with Gasteiger partial charge in [0.25, 0.3) is 0 Å². The molecule has 7 heteroatoms. The molecule has 0 aromatic carbocycles. The minimum atomic E-state index is -0.179. The number of ether oxygens (including phenoxy) is 1. The van der Waals surface area contributed by atoms with E-state index < -0.39 is 0 Å². The summed E-state index contributed by atoms with van der Waals surface area (Å²) in [6.07, 6.45) is 2.76. The number of nitrogens with one attached hydrogen (secondary N) is 1. The van der Waals surface area contributed by atoms with E-state index in [1.54, 1.807) is 6.20 Å². The normalized spacial score (nSPS) is 17.6. The smallest absolute Gasteiger partial charge is 0.223 e. The first kappa shape index (κ1) is 17.4. The van der Waals surface area contributed by atoms with E-state index in [4.69, 9.17) is 4.74 Å². The number of pyridine rings is 1. The van der Waals surface area contributed by atoms with Gasteiger partial charge in [0, 0.05) is 50.3 Å². The molecule has 134 valence electrons. The molecule has 1 saturated heterocycles. The second kappa shape index (κ2) is 7.65. The lowest BCUT2D eigenvalue weighted by atomic mass is 10.1. The van der Waals surface area contributed by atoms with Gasteiger partial charge in [-0.2, -0.15) is 5.10 Å². The maximum absolute atomic E-state index is 12.6. The number of aryl methyl sites for hydroxylation is 3. The quantitative estimate of drug-likeness (QED) is 0.895. The summed E-state index contributed by atoms with van der Waals surface area (Å²) >= 11 is 0. The fourth-order valence-electron chi connectivity index (χ4n) is 3.10. The molecule has 3 rings (SSSR count). The van der Waals surface area contributed by atoms with Crippen LogP contribution in [-0.4, -0.2) is 52.3 Å². The zero-order valence-electron chi connectivity index (χ0n) is 15.0. The molecule has 0 spiro atoms. The van der Waals surface area contributed by atoms with Crippen molar-refractivity contribution in [2.45, 2.75) is 25.9 Å². The minimum absolute atomic E-state index is 0.149. The van der Waals surface area contributed by atoms with Gasteiger partial charge < -0.3 is 15.0 Å². The van der Waals surface area contributed by atoms with Crippen molar-refractivity contribution in [1.82, 2.24) is 19.7 Å². The van der Waals surface area contributed by atoms with Crippen LogP contribution in [0.3, 0.4) is 0 Å². The number of nitrogens with zero attached hydrogens (tertiary/aromatic N) is 4. The van der Waals surface area contributed by atoms with E-state index in [1.807, 2.05) is 48.8 Å². The van der Waals surface area contributed by atoms with Gasteiger partial charge >= 0.3 is 0 Å². The third-order valence-electron chi connectivity index (χ3n) is 4.53. The van der Waals surface area contributed by atoms with Crippen LogP contribution in [0.25, 0.3) is 0 Å². The summed E-state index contributed by atoms with van der Waals surface area (Å²) in [4.78, 5) is 19.0. The number of aromatic nitrogens is 3. The van der Waals surface area contributed by atoms with Crippen molar-refractivity contribution in [3.63, 3.8) is 0 Å². The Hall–Kier alpha value is -2.41. The van der Waals surface area contributed by atoms with E-state index in [1.165, 1.54) is 0 Å². The van der Waals surface area contributed by atoms with Crippen molar-refractivity contribution in [2.24, 2.45) is 7.05 Å². The second-order valence-electron chi connectivity index (χ2n) is 6.32. The molecular weight excluding hydrogens is 318 g/mol. The van der Waals surface area contributed by atoms with Gasteiger partial charge in [-0.05, 0) is 31.5 Å². The third-order valence-corrected chi connectivity index (χ3v) is 4.53. The summed E-state index contributed by atoms with van der Waals surface area (Å²) in [5, 5.41) is 7.28. The molecule has 0 radical (unpaired) electrons. The number of amides is 1. The topological polar surface area (TPSA) is 72.3 Å². The molecule has 2 aromatic rings. The summed E-state index contributed by atoms with van der Waals surface area (Å²) in [6, 6.07) is 5.93. The van der Waals surface area contributed by atoms with E-state index in [2.05, 4.69) is 15.4 Å². The fourth-order valence-corrected chi connectivity index (χ4v) is 3.10. The molecule has 1 amide bonds. The van der Waals surface area contributed by atoms with E-state index in [0.29, 0.717) is 32.5 Å². The maximum Gasteiger partial charge on any atom is 0.223 e. The van der Waals surface area contributed by atoms with Gasteiger partial charge in [-0.1, -0.05) is 0 Å². The lowest BCUT2D eigenvalue weighted by Crippen LogP contribution is -2.42. The molecule has 3 heterocycles. The monoisotopic (exact) mass is 343 g/mol. The van der Waals surface area contributed by atoms with Gasteiger partial charge in [0.15, 0.2) is 0 Å². The minimum Gasteiger partial charge on any atom is -0.388 e. The third kappa shape index (κ3) is 4.17. The van der Waals surface area contributed by atoms with Crippen LogP contribution < -0.4 is 5.32 Å². The number of carbonyl (C=O) groups is 1. The van der Waals surface area contributed by atoms with E-state index >= 15 is 0 Å². The molecule has 1 N–H and O–H groups in total. The Morgan fingerprint density at radius 3 is 3.00 bits per heavy atom. The Kier molecular flexibility index (Phi) is 5.33. The second-order valence-corrected chi connectivity index (χ2v) is 6.32. The molecule has 1 aliphatic heterocycles. The summed E-state index contributed by atoms with van der Waals surface area (Å²) in [5.41, 5.74) is 3.88. The molecule has 1 aliphatic rings. The average Bonchev–Trinajstić information content (AvgIpc) is 3.04. The number of rotatable bonds is 5. The van der Waals surface area contributed by atoms with Gasteiger partial charge in [-0.25, -0.2) is 0 Å². The highest BCUT2D eigenvalue weighted by molar-refractivity contribution is 5.76. The van der Waals surface area contributed by atoms with Gasteiger partial charge in [-0.3, -0.25) is 14.5 Å². The summed E-state index contributed by atoms with van der Waals surface area (Å²) < 4.78 is 7.68. The Morgan fingerprint density at radius 1 is 1.44 bits per heavy atom. The van der Waals surface area contributed by atoms with E-state index in [9.17, 15) is 4.79 Å². The largest absolute Gasteiger partial charge is 0.388 e. The Labute approximate surface area is 148 Å². The Bertz CT molecular complexity index is 743. The average molecular weight is 343 g/mol. The zero-order valence-corrected chi connectivity index (χ0v) is 15.0. The summed E-state index contributed by atoms with van der Waals surface area (Å²) in [5.74, 6) is 0.149. The van der Waals surface area contributed by atoms with Gasteiger partial charge in [-0.15, -0.1) is 0 Å². The van der Waals surface area contributed by atoms with E-state index in [-0.39, 0.29) is 12.0 Å². The van der Waals surface area contributed by atoms with Crippen LogP contribution in [-0.2, 0) is 23.0 Å². The van der Waals surface area contributed by atoms with E-state index in [0.717, 1.165) is 22.8 Å². The van der Waals surface area contributed by atoms with Gasteiger partial charge in [0.1, 0.15) is 6.10 Å². The molecule has 1 atom stereocenters. The zero-order chi connectivity index (χ0) is 17.8. The number of anilines is 1. The van der Waals surface area contributed by atoms with Crippen molar-refractivity contribution in [3.05, 3.63) is 41.5 Å². The fraction of sp³-hybridized carbons (Fsp3) is 0.500. The number of hydrogen-bond donors (Lipinski definition) is 1. The van der Waals surface area contributed by atoms with Crippen LogP contribution in [0.2, 0.25) is 0 Å². The SMILES string of the molecule is CNc1cc(C)nc(C2CN(C(=O)CCc3ccnn3C)CCO2)c1. The summed E-state index contributed by atoms with van der Waals surface area (Å²) in [6.45, 7) is 3.67. The molecule has 7 nitrogen and oxygen atoms in total. The first-order valence-corrected chi connectivity index (χ1v) is 8.59. The highest BCUT2D eigenvalue weighted by Crippen LogP contribution is 2.24. The van der Waals surface area contributed by atoms with Gasteiger partial charge in [0.05, 0.1) is 18.8 Å². The van der Waals surface area contributed by atoms with Crippen LogP contribution >= 0.6 is 0 Å². The molecule has 0 saturated carbocycles. The summed E-state index contributed by atoms with van der Waals surface area (Å²) in [7, 11) is 3.78. The predicted octanol–water partition coefficient (Wildman–Crippen LogP) is 1.70. The highest BCUT2D eigenvalue weighted by Gasteiger charge is 2.26. The first-order chi connectivity index (χ1) is 12.1. The number of morpholine rings is 1. The molecular formula is C18H25N5O2. The highest BCUT2D eigenvalue weighted by atomic mass is 16.5. The Balaban J connectivity index is 1.63. The number of hydrogen-bond acceptors (Lipinski definition) is 5. The van der Waals surface area contributed by atoms with Crippen LogP contribution in [0.4, 0.5) is 5.69 Å². The molecule has 1 unspecified atom stereocenters. The van der Waals surface area contributed by atoms with Crippen molar-refractivity contribution < 1.29 is 9.53 Å². The molecule has 0 bridgehead atoms. The van der Waals surface area contributed by atoms with Crippen molar-refractivity contribution >= 4 is 11.6 Å². The van der Waals surface area contributed by atoms with Crippen molar-refractivity contribution in [1.29, 1.82) is 0 Å². The maximum atomic E-state index is 12.6. The lowest BCUT2D eigenvalue weighted by Gasteiger charge is -2.33. The van der Waals surface area contributed by atoms with Crippen LogP contribution in [0.1, 0.15) is 29.6 Å². The molecule has 0 aliphatic carbocycles. The van der Waals surface area contributed by atoms with Crippen molar-refractivity contribution in [3.8, 4) is 0 Å². The van der Waals surface area contributed by atoms with Crippen LogP contribution in [0.5, 0.6) is 0 Å². The van der Waals surface area contributed by atoms with Crippen LogP contribution in [0.15, 0.2) is 24.4 Å². The standard InChI is InChI=1S/C18H25N5O2/c1-13-10-14(19-2)11-16(21-13)17-12-23(8-9-25-17)18(24)5-4-15-6-7-20-22(15)3/h6-7,10-11,17H,4-5,8-9,12H2,1-3H3,(H,19,21). The Morgan fingerprint density at radius 2 is 2.28 bits per heavy atom. The molecule has 25 heavy (non-hydrogen) atoms. The lowest BCUT2D eigenvalue weighted by molar-refractivity contribution is -0.139. The van der Waals surface area contributed by atoms with Crippen LogP contribution in [0, 0.1) is 6.92 Å². The first-order valence-electron chi connectivity index (χ1n) is 8.59. The number of carbonyl (C=O) groups excluding carboxylic acids is 1. The van der Waals surface area contributed by atoms with Gasteiger partial charge in [0.2, 0.25) is 5.91 Å². The van der Waals surface area contributed by atoms with Crippen molar-refractivity contribution in [2.75, 3.05) is 32.1 Å².